The average molecular weight is 488 g/mol. The van der Waals surface area contributed by atoms with Crippen LogP contribution < -0.4 is 15.4 Å². The summed E-state index contributed by atoms with van der Waals surface area (Å²) in [4.78, 5) is 8.59. The second kappa shape index (κ2) is 11.8. The van der Waals surface area contributed by atoms with Crippen LogP contribution in [-0.4, -0.2) is 38.3 Å². The standard InChI is InChI=1S/C19H28N4O3.HI/c1-13-6-7-16(17(10-13)25-9-8-24-5)11-21-19(20-4)22-12-18-23-14(2)15(3)26-18;/h6-7,10H,8-9,11-12H2,1-5H3,(H2,20,21,22);1H. The summed E-state index contributed by atoms with van der Waals surface area (Å²) in [6.45, 7) is 8.01. The molecule has 0 radical (unpaired) electrons. The number of guanidine groups is 1. The number of aromatic nitrogens is 1. The lowest BCUT2D eigenvalue weighted by Gasteiger charge is -2.15. The second-order valence-electron chi connectivity index (χ2n) is 5.98. The van der Waals surface area contributed by atoms with Crippen molar-refractivity contribution in [2.45, 2.75) is 33.9 Å². The van der Waals surface area contributed by atoms with Crippen molar-refractivity contribution in [2.75, 3.05) is 27.4 Å². The number of aryl methyl sites for hydroxylation is 3. The molecular formula is C19H29IN4O3. The molecule has 1 aromatic heterocycles. The lowest BCUT2D eigenvalue weighted by Crippen LogP contribution is -2.36. The van der Waals surface area contributed by atoms with Crippen molar-refractivity contribution in [2.24, 2.45) is 4.99 Å². The summed E-state index contributed by atoms with van der Waals surface area (Å²) < 4.78 is 16.4. The molecule has 1 heterocycles. The lowest BCUT2D eigenvalue weighted by atomic mass is 10.1. The van der Waals surface area contributed by atoms with Gasteiger partial charge in [0.2, 0.25) is 5.89 Å². The quantitative estimate of drug-likeness (QED) is 0.257. The Labute approximate surface area is 178 Å². The van der Waals surface area contributed by atoms with Crippen molar-refractivity contribution in [3.8, 4) is 5.75 Å². The number of rotatable bonds is 8. The summed E-state index contributed by atoms with van der Waals surface area (Å²) in [6, 6.07) is 6.15. The molecule has 0 aliphatic heterocycles. The highest BCUT2D eigenvalue weighted by Gasteiger charge is 2.08. The molecule has 0 atom stereocenters. The van der Waals surface area contributed by atoms with Crippen LogP contribution >= 0.6 is 24.0 Å². The topological polar surface area (TPSA) is 80.9 Å². The second-order valence-corrected chi connectivity index (χ2v) is 5.98. The van der Waals surface area contributed by atoms with Gasteiger partial charge in [-0.3, -0.25) is 4.99 Å². The van der Waals surface area contributed by atoms with Gasteiger partial charge in [-0.05, 0) is 32.4 Å². The molecule has 0 aliphatic rings. The molecule has 7 nitrogen and oxygen atoms in total. The normalized spacial score (nSPS) is 11.1. The van der Waals surface area contributed by atoms with E-state index in [0.717, 1.165) is 28.3 Å². The molecule has 27 heavy (non-hydrogen) atoms. The fourth-order valence-corrected chi connectivity index (χ4v) is 2.35. The number of nitrogens with zero attached hydrogens (tertiary/aromatic N) is 2. The maximum absolute atomic E-state index is 5.82. The third-order valence-electron chi connectivity index (χ3n) is 3.92. The molecule has 0 bridgehead atoms. The molecule has 2 aromatic rings. The number of halogens is 1. The van der Waals surface area contributed by atoms with Crippen LogP contribution in [0.3, 0.4) is 0 Å². The van der Waals surface area contributed by atoms with E-state index in [4.69, 9.17) is 13.9 Å². The van der Waals surface area contributed by atoms with Gasteiger partial charge in [-0.25, -0.2) is 4.98 Å². The number of hydrogen-bond donors (Lipinski definition) is 2. The Hall–Kier alpha value is -1.81. The zero-order valence-corrected chi connectivity index (χ0v) is 18.9. The molecule has 0 amide bonds. The monoisotopic (exact) mass is 488 g/mol. The van der Waals surface area contributed by atoms with Crippen molar-refractivity contribution >= 4 is 29.9 Å². The number of nitrogens with one attached hydrogen (secondary N) is 2. The van der Waals surface area contributed by atoms with Gasteiger partial charge in [0.1, 0.15) is 18.1 Å². The summed E-state index contributed by atoms with van der Waals surface area (Å²) in [6.07, 6.45) is 0. The van der Waals surface area contributed by atoms with Crippen LogP contribution in [0.5, 0.6) is 5.75 Å². The minimum atomic E-state index is 0. The van der Waals surface area contributed by atoms with E-state index < -0.39 is 0 Å². The van der Waals surface area contributed by atoms with Crippen LogP contribution in [-0.2, 0) is 17.8 Å². The van der Waals surface area contributed by atoms with E-state index in [0.29, 0.717) is 38.2 Å². The van der Waals surface area contributed by atoms with Gasteiger partial charge >= 0.3 is 0 Å². The molecule has 0 aliphatic carbocycles. The SMILES string of the molecule is CN=C(NCc1nc(C)c(C)o1)NCc1ccc(C)cc1OCCOC.I. The van der Waals surface area contributed by atoms with Gasteiger partial charge in [-0.2, -0.15) is 0 Å². The van der Waals surface area contributed by atoms with E-state index in [2.05, 4.69) is 32.7 Å². The molecule has 0 fully saturated rings. The molecule has 8 heteroatoms. The van der Waals surface area contributed by atoms with Gasteiger partial charge in [0, 0.05) is 26.3 Å². The zero-order chi connectivity index (χ0) is 18.9. The predicted molar refractivity (Wildman–Crippen MR) is 117 cm³/mol. The zero-order valence-electron chi connectivity index (χ0n) is 16.6. The first-order valence-electron chi connectivity index (χ1n) is 8.62. The first-order valence-corrected chi connectivity index (χ1v) is 8.62. The molecule has 0 saturated heterocycles. The number of hydrogen-bond acceptors (Lipinski definition) is 5. The maximum Gasteiger partial charge on any atom is 0.214 e. The Morgan fingerprint density at radius 3 is 2.52 bits per heavy atom. The van der Waals surface area contributed by atoms with Gasteiger partial charge in [0.05, 0.1) is 18.8 Å². The predicted octanol–water partition coefficient (Wildman–Crippen LogP) is 3.11. The summed E-state index contributed by atoms with van der Waals surface area (Å²) in [7, 11) is 3.39. The van der Waals surface area contributed by atoms with E-state index in [1.807, 2.05) is 26.8 Å². The van der Waals surface area contributed by atoms with Crippen LogP contribution in [0.25, 0.3) is 0 Å². The maximum atomic E-state index is 5.82. The summed E-state index contributed by atoms with van der Waals surface area (Å²) in [5.74, 6) is 3.00. The van der Waals surface area contributed by atoms with E-state index in [-0.39, 0.29) is 24.0 Å². The van der Waals surface area contributed by atoms with Gasteiger partial charge in [0.15, 0.2) is 5.96 Å². The number of methoxy groups -OCH3 is 1. The van der Waals surface area contributed by atoms with E-state index >= 15 is 0 Å². The fraction of sp³-hybridized carbons (Fsp3) is 0.474. The van der Waals surface area contributed by atoms with Crippen molar-refractivity contribution in [3.05, 3.63) is 46.7 Å². The van der Waals surface area contributed by atoms with Crippen molar-refractivity contribution in [1.29, 1.82) is 0 Å². The Bertz CT molecular complexity index is 727. The van der Waals surface area contributed by atoms with Crippen molar-refractivity contribution in [1.82, 2.24) is 15.6 Å². The third-order valence-corrected chi connectivity index (χ3v) is 3.92. The van der Waals surface area contributed by atoms with Crippen LogP contribution in [0, 0.1) is 20.8 Å². The summed E-state index contributed by atoms with van der Waals surface area (Å²) in [5.41, 5.74) is 3.11. The van der Waals surface area contributed by atoms with Crippen molar-refractivity contribution < 1.29 is 13.9 Å². The highest BCUT2D eigenvalue weighted by molar-refractivity contribution is 14.0. The molecule has 150 valence electrons. The van der Waals surface area contributed by atoms with Gasteiger partial charge in [-0.1, -0.05) is 12.1 Å². The molecule has 0 spiro atoms. The van der Waals surface area contributed by atoms with E-state index in [1.165, 1.54) is 0 Å². The largest absolute Gasteiger partial charge is 0.491 e. The molecule has 1 aromatic carbocycles. The van der Waals surface area contributed by atoms with Gasteiger partial charge in [0.25, 0.3) is 0 Å². The first kappa shape index (κ1) is 23.2. The Balaban J connectivity index is 0.00000364. The molecule has 2 rings (SSSR count). The Kier molecular flexibility index (Phi) is 10.2. The summed E-state index contributed by atoms with van der Waals surface area (Å²) in [5, 5.41) is 6.49. The Morgan fingerprint density at radius 2 is 1.89 bits per heavy atom. The van der Waals surface area contributed by atoms with Crippen molar-refractivity contribution in [3.63, 3.8) is 0 Å². The van der Waals surface area contributed by atoms with Crippen LogP contribution in [0.4, 0.5) is 0 Å². The number of oxazole rings is 1. The minimum Gasteiger partial charge on any atom is -0.491 e. The number of benzene rings is 1. The smallest absolute Gasteiger partial charge is 0.214 e. The highest BCUT2D eigenvalue weighted by Crippen LogP contribution is 2.20. The summed E-state index contributed by atoms with van der Waals surface area (Å²) >= 11 is 0. The molecule has 0 saturated carbocycles. The van der Waals surface area contributed by atoms with Crippen LogP contribution in [0.2, 0.25) is 0 Å². The highest BCUT2D eigenvalue weighted by atomic mass is 127. The number of ether oxygens (including phenoxy) is 2. The molecule has 0 unspecified atom stereocenters. The van der Waals surface area contributed by atoms with Crippen LogP contribution in [0.1, 0.15) is 28.5 Å². The molecular weight excluding hydrogens is 459 g/mol. The van der Waals surface area contributed by atoms with Crippen LogP contribution in [0.15, 0.2) is 27.6 Å². The fourth-order valence-electron chi connectivity index (χ4n) is 2.35. The van der Waals surface area contributed by atoms with Gasteiger partial charge in [-0.15, -0.1) is 24.0 Å². The van der Waals surface area contributed by atoms with E-state index in [9.17, 15) is 0 Å². The van der Waals surface area contributed by atoms with Gasteiger partial charge < -0.3 is 24.5 Å². The minimum absolute atomic E-state index is 0. The van der Waals surface area contributed by atoms with E-state index in [1.54, 1.807) is 14.2 Å². The number of aliphatic imine (C=N–C) groups is 1. The molecule has 2 N–H and O–H groups in total. The third kappa shape index (κ3) is 7.37. The lowest BCUT2D eigenvalue weighted by molar-refractivity contribution is 0.145. The first-order chi connectivity index (χ1) is 12.5. The average Bonchev–Trinajstić information content (AvgIpc) is 2.94. The Morgan fingerprint density at radius 1 is 1.15 bits per heavy atom.